The summed E-state index contributed by atoms with van der Waals surface area (Å²) in [6.07, 6.45) is 1.66. The molecule has 4 aromatic heterocycles. The Balaban J connectivity index is 1.29. The minimum Gasteiger partial charge on any atom is -0.480 e. The van der Waals surface area contributed by atoms with Crippen molar-refractivity contribution in [3.8, 4) is 28.7 Å². The van der Waals surface area contributed by atoms with Crippen LogP contribution in [0.25, 0.3) is 33.9 Å². The summed E-state index contributed by atoms with van der Waals surface area (Å²) in [7, 11) is 1.55. The van der Waals surface area contributed by atoms with Crippen LogP contribution in [0.2, 0.25) is 0 Å². The molecule has 2 N–H and O–H groups in total. The number of nitrogens with one attached hydrogen (secondary N) is 2. The maximum atomic E-state index is 13.3. The fraction of sp³-hybridized carbons (Fsp3) is 0.333. The van der Waals surface area contributed by atoms with E-state index in [4.69, 9.17) is 9.72 Å². The Morgan fingerprint density at radius 3 is 2.52 bits per heavy atom. The topological polar surface area (TPSA) is 119 Å². The van der Waals surface area contributed by atoms with Gasteiger partial charge in [-0.15, -0.1) is 0 Å². The Labute approximate surface area is 227 Å². The van der Waals surface area contributed by atoms with E-state index in [1.807, 2.05) is 26.0 Å². The number of H-pyrrole nitrogens is 1. The lowest BCUT2D eigenvalue weighted by atomic mass is 10.1. The number of fused-ring (bicyclic) bond motifs is 1. The van der Waals surface area contributed by atoms with Gasteiger partial charge in [-0.1, -0.05) is 24.3 Å². The summed E-state index contributed by atoms with van der Waals surface area (Å²) in [5.41, 5.74) is 3.22. The number of ether oxygens (including phenoxy) is 1. The second-order valence-corrected chi connectivity index (χ2v) is 9.91. The first-order valence-corrected chi connectivity index (χ1v) is 12.8. The summed E-state index contributed by atoms with van der Waals surface area (Å²) in [5, 5.41) is 3.34. The molecule has 1 aliphatic rings. The number of nitrogens with zero attached hydrogens (tertiary/aromatic N) is 7. The van der Waals surface area contributed by atoms with Crippen LogP contribution in [0.5, 0.6) is 5.88 Å². The number of imidazole rings is 2. The highest BCUT2D eigenvalue weighted by atomic mass is 19.4. The SMILES string of the molecule is COc1ncnc(C2CC2)c1-c1nc(NCc2ccc(-c3nc(C(F)(F)F)cn3C(C)C)cc2)c2[nH]cnc2n1. The van der Waals surface area contributed by atoms with Gasteiger partial charge in [0.1, 0.15) is 23.2 Å². The largest absolute Gasteiger partial charge is 0.480 e. The predicted octanol–water partition coefficient (Wildman–Crippen LogP) is 5.77. The van der Waals surface area contributed by atoms with E-state index in [1.54, 1.807) is 25.6 Å². The molecule has 0 amide bonds. The first-order valence-electron chi connectivity index (χ1n) is 12.8. The number of hydrogen-bond acceptors (Lipinski definition) is 8. The number of rotatable bonds is 8. The number of alkyl halides is 3. The monoisotopic (exact) mass is 549 g/mol. The molecule has 1 saturated carbocycles. The number of anilines is 1. The molecule has 10 nitrogen and oxygen atoms in total. The van der Waals surface area contributed by atoms with Gasteiger partial charge in [0.15, 0.2) is 23.0 Å². The predicted molar refractivity (Wildman–Crippen MR) is 142 cm³/mol. The second kappa shape index (κ2) is 9.88. The van der Waals surface area contributed by atoms with Crippen LogP contribution >= 0.6 is 0 Å². The Hall–Kier alpha value is -4.55. The Morgan fingerprint density at radius 1 is 1.07 bits per heavy atom. The molecule has 0 spiro atoms. The van der Waals surface area contributed by atoms with E-state index in [2.05, 4.69) is 35.2 Å². The molecular formula is C27H26F3N9O. The van der Waals surface area contributed by atoms with Gasteiger partial charge in [-0.25, -0.2) is 29.9 Å². The van der Waals surface area contributed by atoms with Gasteiger partial charge in [0.05, 0.1) is 19.1 Å². The summed E-state index contributed by atoms with van der Waals surface area (Å²) in [4.78, 5) is 29.5. The van der Waals surface area contributed by atoms with Gasteiger partial charge in [0, 0.05) is 30.3 Å². The van der Waals surface area contributed by atoms with Crippen LogP contribution < -0.4 is 10.1 Å². The molecule has 13 heteroatoms. The molecule has 4 heterocycles. The van der Waals surface area contributed by atoms with Crippen LogP contribution in [0, 0.1) is 0 Å². The minimum atomic E-state index is -4.51. The van der Waals surface area contributed by atoms with Crippen molar-refractivity contribution in [3.63, 3.8) is 0 Å². The van der Waals surface area contributed by atoms with E-state index >= 15 is 0 Å². The average Bonchev–Trinajstić information content (AvgIpc) is 3.48. The molecule has 0 aliphatic heterocycles. The normalized spacial score (nSPS) is 13.8. The molecule has 0 atom stereocenters. The van der Waals surface area contributed by atoms with E-state index in [9.17, 15) is 13.2 Å². The van der Waals surface area contributed by atoms with Gasteiger partial charge in [0.25, 0.3) is 0 Å². The van der Waals surface area contributed by atoms with Crippen LogP contribution in [0.15, 0.2) is 43.1 Å². The summed E-state index contributed by atoms with van der Waals surface area (Å²) < 4.78 is 47.0. The number of aromatic amines is 1. The van der Waals surface area contributed by atoms with Gasteiger partial charge in [-0.05, 0) is 32.3 Å². The second-order valence-electron chi connectivity index (χ2n) is 9.91. The van der Waals surface area contributed by atoms with Crippen molar-refractivity contribution in [1.82, 2.24) is 39.5 Å². The molecule has 0 radical (unpaired) electrons. The van der Waals surface area contributed by atoms with Crippen molar-refractivity contribution in [2.24, 2.45) is 0 Å². The number of hydrogen-bond donors (Lipinski definition) is 2. The fourth-order valence-electron chi connectivity index (χ4n) is 4.58. The van der Waals surface area contributed by atoms with Crippen LogP contribution in [0.3, 0.4) is 0 Å². The third-order valence-corrected chi connectivity index (χ3v) is 6.76. The highest BCUT2D eigenvalue weighted by Crippen LogP contribution is 2.45. The van der Waals surface area contributed by atoms with E-state index in [-0.39, 0.29) is 11.9 Å². The van der Waals surface area contributed by atoms with Gasteiger partial charge in [-0.2, -0.15) is 13.2 Å². The number of aromatic nitrogens is 8. The average molecular weight is 550 g/mol. The van der Waals surface area contributed by atoms with E-state index < -0.39 is 11.9 Å². The summed E-state index contributed by atoms with van der Waals surface area (Å²) in [6.45, 7) is 4.04. The lowest BCUT2D eigenvalue weighted by Crippen LogP contribution is -2.07. The van der Waals surface area contributed by atoms with E-state index in [0.29, 0.717) is 52.3 Å². The molecule has 6 rings (SSSR count). The third kappa shape index (κ3) is 4.82. The summed E-state index contributed by atoms with van der Waals surface area (Å²) in [6, 6.07) is 7.05. The Bertz CT molecular complexity index is 1670. The van der Waals surface area contributed by atoms with Gasteiger partial charge in [-0.3, -0.25) is 0 Å². The molecule has 206 valence electrons. The van der Waals surface area contributed by atoms with E-state index in [0.717, 1.165) is 30.3 Å². The van der Waals surface area contributed by atoms with Crippen molar-refractivity contribution in [3.05, 3.63) is 60.1 Å². The molecule has 1 fully saturated rings. The van der Waals surface area contributed by atoms with Crippen LogP contribution in [0.1, 0.15) is 55.6 Å². The molecular weight excluding hydrogens is 523 g/mol. The van der Waals surface area contributed by atoms with Gasteiger partial charge in [0.2, 0.25) is 5.88 Å². The number of halogens is 3. The summed E-state index contributed by atoms with van der Waals surface area (Å²) >= 11 is 0. The van der Waals surface area contributed by atoms with Crippen LogP contribution in [-0.2, 0) is 12.7 Å². The molecule has 1 aromatic carbocycles. The number of benzene rings is 1. The van der Waals surface area contributed by atoms with Crippen molar-refractivity contribution < 1.29 is 17.9 Å². The zero-order chi connectivity index (χ0) is 28.0. The van der Waals surface area contributed by atoms with Crippen LogP contribution in [-0.4, -0.2) is 46.6 Å². The van der Waals surface area contributed by atoms with Crippen molar-refractivity contribution in [1.29, 1.82) is 0 Å². The van der Waals surface area contributed by atoms with Gasteiger partial charge < -0.3 is 19.6 Å². The van der Waals surface area contributed by atoms with Gasteiger partial charge >= 0.3 is 6.18 Å². The first-order chi connectivity index (χ1) is 19.2. The fourth-order valence-corrected chi connectivity index (χ4v) is 4.58. The zero-order valence-corrected chi connectivity index (χ0v) is 22.0. The standard InChI is InChI=1S/C27H26F3N9O/c1-14(2)39-11-18(27(28,29)30)36-25(39)17-6-4-15(5-7-17)10-31-23-21-24(34-12-33-21)38-22(37-23)19-20(16-8-9-16)32-13-35-26(19)40-3/h4-7,11-14,16H,8-10H2,1-3H3,(H2,31,33,34,37,38). The van der Waals surface area contributed by atoms with Crippen LogP contribution in [0.4, 0.5) is 19.0 Å². The maximum absolute atomic E-state index is 13.3. The van der Waals surface area contributed by atoms with Crippen molar-refractivity contribution in [2.45, 2.75) is 51.4 Å². The molecule has 0 saturated heterocycles. The maximum Gasteiger partial charge on any atom is 0.434 e. The molecule has 5 aromatic rings. The summed E-state index contributed by atoms with van der Waals surface area (Å²) in [5.74, 6) is 1.95. The molecule has 0 bridgehead atoms. The quantitative estimate of drug-likeness (QED) is 0.250. The highest BCUT2D eigenvalue weighted by Gasteiger charge is 2.35. The lowest BCUT2D eigenvalue weighted by molar-refractivity contribution is -0.140. The highest BCUT2D eigenvalue weighted by molar-refractivity contribution is 5.85. The first kappa shape index (κ1) is 25.7. The zero-order valence-electron chi connectivity index (χ0n) is 22.0. The van der Waals surface area contributed by atoms with Crippen molar-refractivity contribution in [2.75, 3.05) is 12.4 Å². The third-order valence-electron chi connectivity index (χ3n) is 6.76. The minimum absolute atomic E-state index is 0.183. The molecule has 0 unspecified atom stereocenters. The lowest BCUT2D eigenvalue weighted by Gasteiger charge is -2.13. The Morgan fingerprint density at radius 2 is 1.85 bits per heavy atom. The molecule has 1 aliphatic carbocycles. The smallest absolute Gasteiger partial charge is 0.434 e. The van der Waals surface area contributed by atoms with E-state index in [1.165, 1.54) is 10.9 Å². The molecule has 40 heavy (non-hydrogen) atoms. The number of methoxy groups -OCH3 is 1. The Kier molecular flexibility index (Phi) is 6.35. The van der Waals surface area contributed by atoms with Crippen molar-refractivity contribution >= 4 is 17.0 Å².